The number of benzene rings is 1. The summed E-state index contributed by atoms with van der Waals surface area (Å²) in [4.78, 5) is 27.5. The van der Waals surface area contributed by atoms with Crippen molar-refractivity contribution in [1.29, 1.82) is 0 Å². The molecule has 1 saturated heterocycles. The number of carbonyl (C=O) groups is 1. The van der Waals surface area contributed by atoms with Crippen LogP contribution in [0.25, 0.3) is 11.3 Å². The summed E-state index contributed by atoms with van der Waals surface area (Å²) in [5.74, 6) is 1.30. The monoisotopic (exact) mass is 390 g/mol. The topological polar surface area (TPSA) is 96.2 Å². The largest absolute Gasteiger partial charge is 0.423 e. The van der Waals surface area contributed by atoms with Crippen LogP contribution in [0.1, 0.15) is 25.5 Å². The van der Waals surface area contributed by atoms with Gasteiger partial charge in [0.2, 0.25) is 11.9 Å². The molecule has 29 heavy (non-hydrogen) atoms. The first kappa shape index (κ1) is 17.7. The summed E-state index contributed by atoms with van der Waals surface area (Å²) in [6, 6.07) is 10.3. The van der Waals surface area contributed by atoms with Gasteiger partial charge in [0.05, 0.1) is 6.20 Å². The minimum atomic E-state index is -0.467. The average Bonchev–Trinajstić information content (AvgIpc) is 3.38. The predicted molar refractivity (Wildman–Crippen MR) is 109 cm³/mol. The summed E-state index contributed by atoms with van der Waals surface area (Å²) in [7, 11) is 0. The van der Waals surface area contributed by atoms with Gasteiger partial charge < -0.3 is 20.0 Å². The maximum atomic E-state index is 12.3. The molecule has 1 amide bonds. The number of aromatic nitrogens is 3. The van der Waals surface area contributed by atoms with Crippen LogP contribution in [0.5, 0.6) is 0 Å². The number of aryl methyl sites for hydroxylation is 1. The summed E-state index contributed by atoms with van der Waals surface area (Å²) in [5, 5.41) is 6.18. The molecule has 8 nitrogen and oxygen atoms in total. The van der Waals surface area contributed by atoms with Gasteiger partial charge in [-0.3, -0.25) is 4.79 Å². The average molecular weight is 390 g/mol. The molecule has 0 atom stereocenters. The zero-order chi connectivity index (χ0) is 19.8. The van der Waals surface area contributed by atoms with Gasteiger partial charge in [0, 0.05) is 36.2 Å². The van der Waals surface area contributed by atoms with Gasteiger partial charge in [0.25, 0.3) is 6.01 Å². The first-order chi connectivity index (χ1) is 14.2. The van der Waals surface area contributed by atoms with Gasteiger partial charge in [0.15, 0.2) is 5.76 Å². The lowest BCUT2D eigenvalue weighted by atomic mass is 10.1. The Kier molecular flexibility index (Phi) is 4.19. The van der Waals surface area contributed by atoms with Crippen molar-refractivity contribution in [3.05, 3.63) is 48.4 Å². The van der Waals surface area contributed by atoms with Crippen LogP contribution in [0.15, 0.2) is 47.1 Å². The molecule has 1 aliphatic carbocycles. The molecule has 1 aromatic carbocycles. The molecule has 1 saturated carbocycles. The van der Waals surface area contributed by atoms with Crippen molar-refractivity contribution in [2.24, 2.45) is 0 Å². The van der Waals surface area contributed by atoms with E-state index in [9.17, 15) is 4.79 Å². The van der Waals surface area contributed by atoms with Crippen LogP contribution in [0.2, 0.25) is 0 Å². The molecule has 0 radical (unpaired) electrons. The first-order valence-corrected chi connectivity index (χ1v) is 9.89. The van der Waals surface area contributed by atoms with Crippen LogP contribution in [-0.2, 0) is 11.2 Å². The number of rotatable bonds is 5. The van der Waals surface area contributed by atoms with Crippen molar-refractivity contribution in [3.8, 4) is 11.3 Å². The molecule has 1 aliphatic heterocycles. The maximum absolute atomic E-state index is 12.3. The second-order valence-corrected chi connectivity index (χ2v) is 7.38. The van der Waals surface area contributed by atoms with Crippen LogP contribution in [0.4, 0.5) is 17.7 Å². The van der Waals surface area contributed by atoms with E-state index >= 15 is 0 Å². The highest BCUT2D eigenvalue weighted by atomic mass is 16.4. The predicted octanol–water partition coefficient (Wildman–Crippen LogP) is 2.91. The minimum absolute atomic E-state index is 0.0732. The Bertz CT molecular complexity index is 1060. The van der Waals surface area contributed by atoms with Gasteiger partial charge in [-0.15, -0.1) is 0 Å². The molecule has 148 valence electrons. The van der Waals surface area contributed by atoms with Crippen molar-refractivity contribution in [2.45, 2.75) is 31.7 Å². The quantitative estimate of drug-likeness (QED) is 0.691. The van der Waals surface area contributed by atoms with Crippen molar-refractivity contribution in [1.82, 2.24) is 20.3 Å². The molecule has 2 N–H and O–H groups in total. The van der Waals surface area contributed by atoms with E-state index in [4.69, 9.17) is 4.42 Å². The third-order valence-corrected chi connectivity index (χ3v) is 5.49. The molecule has 3 aromatic rings. The Balaban J connectivity index is 1.38. The van der Waals surface area contributed by atoms with Crippen molar-refractivity contribution in [3.63, 3.8) is 0 Å². The molecule has 2 aliphatic rings. The van der Waals surface area contributed by atoms with Gasteiger partial charge in [-0.05, 0) is 37.5 Å². The van der Waals surface area contributed by atoms with E-state index in [-0.39, 0.29) is 5.91 Å². The highest BCUT2D eigenvalue weighted by molar-refractivity contribution is 5.93. The van der Waals surface area contributed by atoms with E-state index in [1.54, 1.807) is 12.4 Å². The fraction of sp³-hybridized carbons (Fsp3) is 0.333. The molecular weight excluding hydrogens is 368 g/mol. The molecule has 8 heteroatoms. The van der Waals surface area contributed by atoms with Crippen LogP contribution in [0.3, 0.4) is 0 Å². The number of piperazine rings is 1. The van der Waals surface area contributed by atoms with Crippen LogP contribution in [-0.4, -0.2) is 39.5 Å². The Morgan fingerprint density at radius 2 is 2.17 bits per heavy atom. The number of amides is 1. The number of carbonyl (C=O) groups excluding carboxylic acids is 1. The molecule has 2 aromatic heterocycles. The molecular formula is C21H22N6O2. The van der Waals surface area contributed by atoms with Gasteiger partial charge >= 0.3 is 0 Å². The zero-order valence-electron chi connectivity index (χ0n) is 16.2. The fourth-order valence-corrected chi connectivity index (χ4v) is 3.73. The van der Waals surface area contributed by atoms with E-state index in [0.29, 0.717) is 30.8 Å². The van der Waals surface area contributed by atoms with E-state index in [0.717, 1.165) is 36.2 Å². The Morgan fingerprint density at radius 1 is 1.28 bits per heavy atom. The first-order valence-electron chi connectivity index (χ1n) is 9.89. The number of nitrogens with zero attached hydrogens (tertiary/aromatic N) is 4. The number of hydrogen-bond donors (Lipinski definition) is 2. The minimum Gasteiger partial charge on any atom is -0.423 e. The van der Waals surface area contributed by atoms with E-state index in [1.807, 2.05) is 35.2 Å². The van der Waals surface area contributed by atoms with E-state index < -0.39 is 5.54 Å². The molecule has 0 unspecified atom stereocenters. The highest BCUT2D eigenvalue weighted by Crippen LogP contribution is 2.45. The normalized spacial score (nSPS) is 17.3. The highest BCUT2D eigenvalue weighted by Gasteiger charge is 2.57. The Labute approximate surface area is 168 Å². The second kappa shape index (κ2) is 6.88. The smallest absolute Gasteiger partial charge is 0.298 e. The zero-order valence-corrected chi connectivity index (χ0v) is 16.2. The van der Waals surface area contributed by atoms with Crippen LogP contribution >= 0.6 is 0 Å². The molecule has 3 heterocycles. The number of oxazole rings is 1. The molecule has 1 spiro atoms. The Morgan fingerprint density at radius 3 is 3.00 bits per heavy atom. The standard InChI is InChI=1S/C21H22N6O2/c1-2-15-6-9-23-19(25-15)26-16-5-3-4-14(12-16)17-13-24-20(29-17)27-11-10-22-18(28)21(27)7-8-21/h3-6,9,12-13H,2,7-8,10-11H2,1H3,(H,22,28)(H,23,25,26). The fourth-order valence-electron chi connectivity index (χ4n) is 3.73. The van der Waals surface area contributed by atoms with Gasteiger partial charge in [-0.2, -0.15) is 0 Å². The number of nitrogens with one attached hydrogen (secondary N) is 2. The van der Waals surface area contributed by atoms with Crippen molar-refractivity contribution < 1.29 is 9.21 Å². The van der Waals surface area contributed by atoms with Gasteiger partial charge in [0.1, 0.15) is 5.54 Å². The lowest BCUT2D eigenvalue weighted by molar-refractivity contribution is -0.124. The third-order valence-electron chi connectivity index (χ3n) is 5.49. The van der Waals surface area contributed by atoms with E-state index in [1.165, 1.54) is 0 Å². The summed E-state index contributed by atoms with van der Waals surface area (Å²) in [5.41, 5.74) is 2.28. The Hall–Kier alpha value is -3.42. The summed E-state index contributed by atoms with van der Waals surface area (Å²) in [6.07, 6.45) is 6.00. The van der Waals surface area contributed by atoms with E-state index in [2.05, 4.69) is 32.5 Å². The second-order valence-electron chi connectivity index (χ2n) is 7.38. The van der Waals surface area contributed by atoms with Gasteiger partial charge in [-0.1, -0.05) is 19.1 Å². The van der Waals surface area contributed by atoms with Crippen LogP contribution in [0, 0.1) is 0 Å². The van der Waals surface area contributed by atoms with Gasteiger partial charge in [-0.25, -0.2) is 15.0 Å². The summed E-state index contributed by atoms with van der Waals surface area (Å²) >= 11 is 0. The lowest BCUT2D eigenvalue weighted by Crippen LogP contribution is -2.57. The molecule has 0 bridgehead atoms. The van der Waals surface area contributed by atoms with Crippen molar-refractivity contribution >= 4 is 23.6 Å². The SMILES string of the molecule is CCc1ccnc(Nc2cccc(-c3cnc(N4CCNC(=O)C45CC5)o3)c2)n1. The van der Waals surface area contributed by atoms with Crippen LogP contribution < -0.4 is 15.5 Å². The number of anilines is 3. The lowest BCUT2D eigenvalue weighted by Gasteiger charge is -2.34. The van der Waals surface area contributed by atoms with Crippen molar-refractivity contribution in [2.75, 3.05) is 23.3 Å². The third kappa shape index (κ3) is 3.20. The summed E-state index contributed by atoms with van der Waals surface area (Å²) in [6.45, 7) is 3.37. The number of hydrogen-bond acceptors (Lipinski definition) is 7. The molecule has 2 fully saturated rings. The maximum Gasteiger partial charge on any atom is 0.298 e. The summed E-state index contributed by atoms with van der Waals surface area (Å²) < 4.78 is 6.05. The molecule has 5 rings (SSSR count).